The molecule has 23 heteroatoms. The van der Waals surface area contributed by atoms with E-state index >= 15 is 0 Å². The predicted molar refractivity (Wildman–Crippen MR) is 256 cm³/mol. The Hall–Kier alpha value is -6.02. The van der Waals surface area contributed by atoms with Crippen LogP contribution >= 0.6 is 69.6 Å². The first kappa shape index (κ1) is 49.4. The molecule has 0 saturated carbocycles. The molecule has 0 aliphatic carbocycles. The van der Waals surface area contributed by atoms with Crippen LogP contribution in [0.2, 0.25) is 30.9 Å². The molecule has 6 aromatic heterocycles. The van der Waals surface area contributed by atoms with Crippen molar-refractivity contribution in [3.8, 4) is 67.9 Å². The second-order valence-electron chi connectivity index (χ2n) is 13.0. The highest BCUT2D eigenvalue weighted by Crippen LogP contribution is 2.32. The van der Waals surface area contributed by atoms with Gasteiger partial charge >= 0.3 is 0 Å². The standard InChI is InChI=1S/2C15H13Cl2N5O.C12H7Cl2N5.CH4/c1-2-23-9-22-14(10-3-5-11(16)6-4-10)13(20-21-22)12-7-8-18-15(17)19-12;1-2-23-9-22-14(12-7-8-18-15(17)19-12)13(20-21-22)10-3-5-11(16)6-4-10;13-8-3-1-7(2-4-8)10-11(18-19-17-10)9-5-6-15-12(14)16-9;/h2*3-8H,2,9H2,1H3;1-6H,(H,17,18,19);1H4. The number of nitrogens with one attached hydrogen (secondary N) is 1. The number of aromatic amines is 1. The molecule has 0 bridgehead atoms. The summed E-state index contributed by atoms with van der Waals surface area (Å²) >= 11 is 35.4. The van der Waals surface area contributed by atoms with Crippen molar-refractivity contribution >= 4 is 69.6 Å². The minimum absolute atomic E-state index is 0. The third-order valence-corrected chi connectivity index (χ3v) is 10.1. The van der Waals surface area contributed by atoms with Gasteiger partial charge in [0, 0.05) is 63.6 Å². The van der Waals surface area contributed by atoms with Gasteiger partial charge in [-0.3, -0.25) is 0 Å². The normalized spacial score (nSPS) is 10.7. The average Bonchev–Trinajstić information content (AvgIpc) is 4.09. The van der Waals surface area contributed by atoms with E-state index in [1.54, 1.807) is 70.4 Å². The summed E-state index contributed by atoms with van der Waals surface area (Å²) in [7, 11) is 0. The third kappa shape index (κ3) is 12.7. The summed E-state index contributed by atoms with van der Waals surface area (Å²) in [6, 6.07) is 27.3. The molecular formula is C43H37Cl6N15O2. The highest BCUT2D eigenvalue weighted by atomic mass is 35.5. The molecule has 9 aromatic rings. The number of halogens is 6. The monoisotopic (exact) mass is 1010 g/mol. The Labute approximate surface area is 408 Å². The highest BCUT2D eigenvalue weighted by Gasteiger charge is 2.20. The van der Waals surface area contributed by atoms with Gasteiger partial charge in [0.05, 0.1) is 17.1 Å². The summed E-state index contributed by atoms with van der Waals surface area (Å²) in [6.45, 7) is 5.55. The minimum atomic E-state index is 0. The first-order valence-corrected chi connectivity index (χ1v) is 21.6. The second-order valence-corrected chi connectivity index (χ2v) is 15.3. The van der Waals surface area contributed by atoms with Crippen molar-refractivity contribution in [2.45, 2.75) is 34.7 Å². The van der Waals surface area contributed by atoms with Crippen molar-refractivity contribution in [3.63, 3.8) is 0 Å². The van der Waals surface area contributed by atoms with E-state index in [-0.39, 0.29) is 30.0 Å². The summed E-state index contributed by atoms with van der Waals surface area (Å²) in [5.41, 5.74) is 8.59. The molecule has 0 atom stereocenters. The number of hydrogen-bond acceptors (Lipinski definition) is 14. The molecule has 0 radical (unpaired) electrons. The van der Waals surface area contributed by atoms with Crippen molar-refractivity contribution in [3.05, 3.63) is 141 Å². The Bertz CT molecular complexity index is 2950. The topological polar surface area (TPSA) is 199 Å². The maximum absolute atomic E-state index is 5.97. The molecular weight excluding hydrogens is 971 g/mol. The van der Waals surface area contributed by atoms with Gasteiger partial charge in [-0.15, -0.1) is 10.2 Å². The zero-order valence-corrected chi connectivity index (χ0v) is 38.6. The Morgan fingerprint density at radius 1 is 0.455 bits per heavy atom. The second kappa shape index (κ2) is 24.0. The molecule has 17 nitrogen and oxygen atoms in total. The molecule has 0 aliphatic heterocycles. The van der Waals surface area contributed by atoms with E-state index < -0.39 is 0 Å². The Morgan fingerprint density at radius 2 is 0.848 bits per heavy atom. The average molecular weight is 1010 g/mol. The maximum Gasteiger partial charge on any atom is 0.222 e. The molecule has 0 fully saturated rings. The van der Waals surface area contributed by atoms with Gasteiger partial charge < -0.3 is 9.47 Å². The van der Waals surface area contributed by atoms with Crippen LogP contribution in [0.15, 0.2) is 110 Å². The van der Waals surface area contributed by atoms with Gasteiger partial charge in [0.1, 0.15) is 47.6 Å². The lowest BCUT2D eigenvalue weighted by Gasteiger charge is -2.08. The molecule has 6 heterocycles. The molecule has 1 N–H and O–H groups in total. The summed E-state index contributed by atoms with van der Waals surface area (Å²) < 4.78 is 14.2. The molecule has 9 rings (SSSR count). The number of ether oxygens (including phenoxy) is 2. The molecule has 0 amide bonds. The molecule has 0 spiro atoms. The number of H-pyrrole nitrogens is 1. The predicted octanol–water partition coefficient (Wildman–Crippen LogP) is 11.3. The Kier molecular flexibility index (Phi) is 17.9. The van der Waals surface area contributed by atoms with Crippen LogP contribution in [0.3, 0.4) is 0 Å². The van der Waals surface area contributed by atoms with Gasteiger partial charge in [-0.2, -0.15) is 15.4 Å². The first-order valence-electron chi connectivity index (χ1n) is 19.3. The van der Waals surface area contributed by atoms with E-state index in [4.69, 9.17) is 79.1 Å². The Balaban J connectivity index is 0.000000163. The number of rotatable bonds is 12. The lowest BCUT2D eigenvalue weighted by Crippen LogP contribution is -2.07. The van der Waals surface area contributed by atoms with Crippen LogP contribution in [0, 0.1) is 0 Å². The first-order chi connectivity index (χ1) is 31.6. The van der Waals surface area contributed by atoms with Crippen LogP contribution in [0.1, 0.15) is 21.3 Å². The van der Waals surface area contributed by atoms with Gasteiger partial charge in [-0.1, -0.05) is 89.1 Å². The van der Waals surface area contributed by atoms with Crippen LogP contribution in [0.25, 0.3) is 67.9 Å². The zero-order valence-electron chi connectivity index (χ0n) is 34.1. The highest BCUT2D eigenvalue weighted by molar-refractivity contribution is 6.31. The minimum Gasteiger partial charge on any atom is -0.359 e. The molecule has 0 unspecified atom stereocenters. The van der Waals surface area contributed by atoms with Gasteiger partial charge in [-0.25, -0.2) is 39.3 Å². The fraction of sp³-hybridized carbons (Fsp3) is 0.163. The third-order valence-electron chi connectivity index (χ3n) is 8.81. The largest absolute Gasteiger partial charge is 0.359 e. The van der Waals surface area contributed by atoms with Gasteiger partial charge in [0.2, 0.25) is 15.9 Å². The van der Waals surface area contributed by atoms with Gasteiger partial charge in [-0.05, 0) is 103 Å². The number of aromatic nitrogens is 15. The van der Waals surface area contributed by atoms with Crippen LogP contribution in [0.4, 0.5) is 0 Å². The quantitative estimate of drug-likeness (QED) is 0.113. The molecule has 3 aromatic carbocycles. The van der Waals surface area contributed by atoms with E-state index in [9.17, 15) is 0 Å². The molecule has 0 aliphatic rings. The van der Waals surface area contributed by atoms with Crippen molar-refractivity contribution in [2.24, 2.45) is 0 Å². The summed E-state index contributed by atoms with van der Waals surface area (Å²) in [4.78, 5) is 24.2. The van der Waals surface area contributed by atoms with E-state index in [0.717, 1.165) is 22.4 Å². The van der Waals surface area contributed by atoms with Crippen LogP contribution in [0.5, 0.6) is 0 Å². The summed E-state index contributed by atoms with van der Waals surface area (Å²) in [5, 5.41) is 30.1. The van der Waals surface area contributed by atoms with Crippen molar-refractivity contribution in [1.82, 2.24) is 75.3 Å². The van der Waals surface area contributed by atoms with Crippen molar-refractivity contribution in [1.29, 1.82) is 0 Å². The summed E-state index contributed by atoms with van der Waals surface area (Å²) in [6.07, 6.45) is 4.75. The number of nitrogens with zero attached hydrogens (tertiary/aromatic N) is 14. The van der Waals surface area contributed by atoms with Gasteiger partial charge in [0.25, 0.3) is 0 Å². The smallest absolute Gasteiger partial charge is 0.222 e. The SMILES string of the molecule is C.CCOCn1nnc(-c2ccc(Cl)cc2)c1-c1ccnc(Cl)n1.CCOCn1nnc(-c2ccnc(Cl)n2)c1-c1ccc(Cl)cc1.Clc1ccc(-c2n[nH]nc2-c2ccnc(Cl)n2)cc1. The van der Waals surface area contributed by atoms with Crippen LogP contribution in [-0.4, -0.2) is 88.5 Å². The van der Waals surface area contributed by atoms with E-state index in [1.165, 1.54) is 0 Å². The molecule has 338 valence electrons. The molecule has 0 saturated heterocycles. The maximum atomic E-state index is 5.97. The van der Waals surface area contributed by atoms with E-state index in [2.05, 4.69) is 65.9 Å². The number of hydrogen-bond donors (Lipinski definition) is 1. The van der Waals surface area contributed by atoms with Crippen LogP contribution < -0.4 is 0 Å². The lowest BCUT2D eigenvalue weighted by atomic mass is 10.1. The van der Waals surface area contributed by atoms with E-state index in [1.807, 2.05) is 62.4 Å². The Morgan fingerprint density at radius 3 is 1.33 bits per heavy atom. The van der Waals surface area contributed by atoms with E-state index in [0.29, 0.717) is 80.6 Å². The van der Waals surface area contributed by atoms with Crippen LogP contribution in [-0.2, 0) is 22.9 Å². The summed E-state index contributed by atoms with van der Waals surface area (Å²) in [5.74, 6) is 0. The molecule has 66 heavy (non-hydrogen) atoms. The van der Waals surface area contributed by atoms with Crippen molar-refractivity contribution < 1.29 is 9.47 Å². The number of benzene rings is 3. The van der Waals surface area contributed by atoms with Gasteiger partial charge in [0.15, 0.2) is 0 Å². The van der Waals surface area contributed by atoms with Crippen molar-refractivity contribution in [2.75, 3.05) is 13.2 Å². The fourth-order valence-electron chi connectivity index (χ4n) is 5.90. The zero-order chi connectivity index (χ0) is 45.7. The lowest BCUT2D eigenvalue weighted by molar-refractivity contribution is 0.0789. The fourth-order valence-corrected chi connectivity index (χ4v) is 6.72.